The van der Waals surface area contributed by atoms with Gasteiger partial charge in [0.1, 0.15) is 11.9 Å². The Hall–Kier alpha value is -2.89. The second kappa shape index (κ2) is 14.3. The lowest BCUT2D eigenvalue weighted by molar-refractivity contribution is -0.143. The Balaban J connectivity index is 1.12. The number of aryl methyl sites for hydroxylation is 2. The molecule has 2 N–H and O–H groups in total. The third kappa shape index (κ3) is 8.19. The highest BCUT2D eigenvalue weighted by atomic mass is 19.3. The van der Waals surface area contributed by atoms with E-state index in [0.29, 0.717) is 31.7 Å². The van der Waals surface area contributed by atoms with Crippen molar-refractivity contribution in [2.24, 2.45) is 0 Å². The number of anilines is 1. The van der Waals surface area contributed by atoms with Gasteiger partial charge in [0.25, 0.3) is 5.92 Å². The first-order chi connectivity index (χ1) is 20.7. The van der Waals surface area contributed by atoms with E-state index < -0.39 is 23.8 Å². The van der Waals surface area contributed by atoms with Crippen molar-refractivity contribution < 1.29 is 32.5 Å². The van der Waals surface area contributed by atoms with Crippen LogP contribution in [0.5, 0.6) is 5.75 Å². The predicted octanol–water partition coefficient (Wildman–Crippen LogP) is 5.45. The summed E-state index contributed by atoms with van der Waals surface area (Å²) in [6.45, 7) is 3.15. The van der Waals surface area contributed by atoms with Crippen molar-refractivity contribution >= 4 is 11.8 Å². The third-order valence-electron chi connectivity index (χ3n) is 8.78. The van der Waals surface area contributed by atoms with Gasteiger partial charge in [-0.3, -0.25) is 14.6 Å². The van der Waals surface area contributed by atoms with Gasteiger partial charge in [0, 0.05) is 70.0 Å². The van der Waals surface area contributed by atoms with Gasteiger partial charge in [0.05, 0.1) is 13.2 Å². The molecule has 1 aromatic heterocycles. The Morgan fingerprint density at radius 2 is 2.00 bits per heavy atom. The minimum absolute atomic E-state index is 0.102. The Labute approximate surface area is 251 Å². The fraction of sp³-hybridized carbons (Fsp3) is 0.625. The zero-order valence-electron chi connectivity index (χ0n) is 24.9. The van der Waals surface area contributed by atoms with Crippen LogP contribution in [0, 0.1) is 5.82 Å². The molecule has 2 fully saturated rings. The molecular formula is C32H43F3N4O4. The van der Waals surface area contributed by atoms with Gasteiger partial charge in [0.2, 0.25) is 0 Å². The summed E-state index contributed by atoms with van der Waals surface area (Å²) in [5.74, 6) is -3.50. The average Bonchev–Trinajstić information content (AvgIpc) is 3.44. The molecule has 3 aliphatic heterocycles. The van der Waals surface area contributed by atoms with Crippen molar-refractivity contribution in [2.75, 3.05) is 51.8 Å². The number of unbranched alkanes of at least 4 members (excludes halogenated alkanes) is 2. The van der Waals surface area contributed by atoms with Crippen LogP contribution in [0.4, 0.5) is 19.0 Å². The molecule has 2 saturated heterocycles. The van der Waals surface area contributed by atoms with Gasteiger partial charge in [-0.05, 0) is 67.9 Å². The first-order valence-electron chi connectivity index (χ1n) is 15.5. The molecule has 0 radical (unpaired) electrons. The molecule has 0 aliphatic carbocycles. The molecule has 43 heavy (non-hydrogen) atoms. The largest absolute Gasteiger partial charge is 0.493 e. The second-order valence-electron chi connectivity index (χ2n) is 12.0. The Kier molecular flexibility index (Phi) is 10.5. The fourth-order valence-corrected chi connectivity index (χ4v) is 6.43. The highest BCUT2D eigenvalue weighted by Gasteiger charge is 2.37. The summed E-state index contributed by atoms with van der Waals surface area (Å²) in [4.78, 5) is 20.9. The Bertz CT molecular complexity index is 1250. The highest BCUT2D eigenvalue weighted by molar-refractivity contribution is 5.77. The van der Waals surface area contributed by atoms with Gasteiger partial charge in [-0.1, -0.05) is 12.5 Å². The van der Waals surface area contributed by atoms with Crippen molar-refractivity contribution in [3.63, 3.8) is 0 Å². The van der Waals surface area contributed by atoms with E-state index in [2.05, 4.69) is 17.4 Å². The van der Waals surface area contributed by atoms with Crippen molar-refractivity contribution in [3.05, 3.63) is 52.5 Å². The van der Waals surface area contributed by atoms with E-state index in [9.17, 15) is 18.7 Å². The molecule has 0 spiro atoms. The quantitative estimate of drug-likeness (QED) is 0.292. The minimum atomic E-state index is -2.67. The van der Waals surface area contributed by atoms with Crippen LogP contribution in [0.1, 0.15) is 73.4 Å². The van der Waals surface area contributed by atoms with Crippen LogP contribution < -0.4 is 10.1 Å². The number of aliphatic carboxylic acids is 1. The first-order valence-corrected chi connectivity index (χ1v) is 15.5. The van der Waals surface area contributed by atoms with E-state index in [1.165, 1.54) is 18.7 Å². The van der Waals surface area contributed by atoms with E-state index in [4.69, 9.17) is 14.5 Å². The standard InChI is InChI=1S/C32H43F3N4O4/c1-42-29-26(18-22(19-27(29)33)20-38-15-11-32(34,35)12-16-38)28(31(40)41)39-14-10-25(21-39)43-17-4-2-3-7-24-9-8-23-6-5-13-36-30(23)37-24/h8-9,18-19,25,28H,2-7,10-17,20-21H2,1H3,(H,36,37)(H,40,41). The highest BCUT2D eigenvalue weighted by Crippen LogP contribution is 2.36. The molecular weight excluding hydrogens is 561 g/mol. The lowest BCUT2D eigenvalue weighted by Gasteiger charge is -2.32. The van der Waals surface area contributed by atoms with E-state index in [-0.39, 0.29) is 49.9 Å². The monoisotopic (exact) mass is 604 g/mol. The fourth-order valence-electron chi connectivity index (χ4n) is 6.43. The number of aromatic nitrogens is 1. The SMILES string of the molecule is COc1c(F)cc(CN2CCC(F)(F)CC2)cc1C(C(=O)O)N1CCC(OCCCCCc2ccc3c(n2)NCCC3)C1. The number of fused-ring (bicyclic) bond motifs is 1. The topological polar surface area (TPSA) is 87.2 Å². The summed E-state index contributed by atoms with van der Waals surface area (Å²) in [5.41, 5.74) is 3.17. The summed E-state index contributed by atoms with van der Waals surface area (Å²) in [6, 6.07) is 6.15. The number of piperidine rings is 1. The lowest BCUT2D eigenvalue weighted by Crippen LogP contribution is -2.39. The van der Waals surface area contributed by atoms with Crippen LogP contribution in [-0.2, 0) is 28.9 Å². The van der Waals surface area contributed by atoms with Gasteiger partial charge in [-0.15, -0.1) is 0 Å². The number of nitrogens with zero attached hydrogens (tertiary/aromatic N) is 3. The van der Waals surface area contributed by atoms with Crippen molar-refractivity contribution in [1.82, 2.24) is 14.8 Å². The molecule has 0 saturated carbocycles. The number of carbonyl (C=O) groups is 1. The normalized spacial score (nSPS) is 21.3. The summed E-state index contributed by atoms with van der Waals surface area (Å²) in [6.07, 6.45) is 6.19. The first kappa shape index (κ1) is 31.5. The Morgan fingerprint density at radius 3 is 2.77 bits per heavy atom. The maximum Gasteiger partial charge on any atom is 0.325 e. The van der Waals surface area contributed by atoms with Crippen LogP contribution >= 0.6 is 0 Å². The molecule has 4 heterocycles. The third-order valence-corrected chi connectivity index (χ3v) is 8.78. The maximum absolute atomic E-state index is 15.1. The van der Waals surface area contributed by atoms with Gasteiger partial charge in [-0.2, -0.15) is 0 Å². The summed E-state index contributed by atoms with van der Waals surface area (Å²) in [5, 5.41) is 13.6. The molecule has 11 heteroatoms. The number of carboxylic acids is 1. The second-order valence-corrected chi connectivity index (χ2v) is 12.0. The molecule has 2 atom stereocenters. The number of benzene rings is 1. The smallest absolute Gasteiger partial charge is 0.325 e. The van der Waals surface area contributed by atoms with Crippen LogP contribution in [0.15, 0.2) is 24.3 Å². The number of pyridine rings is 1. The Morgan fingerprint density at radius 1 is 1.19 bits per heavy atom. The summed E-state index contributed by atoms with van der Waals surface area (Å²) < 4.78 is 53.7. The number of likely N-dealkylation sites (tertiary alicyclic amines) is 2. The molecule has 1 aromatic carbocycles. The average molecular weight is 605 g/mol. The van der Waals surface area contributed by atoms with Crippen molar-refractivity contribution in [2.45, 2.75) is 82.4 Å². The number of hydrogen-bond acceptors (Lipinski definition) is 7. The van der Waals surface area contributed by atoms with Crippen LogP contribution in [0.2, 0.25) is 0 Å². The zero-order chi connectivity index (χ0) is 30.4. The molecule has 5 rings (SSSR count). The number of rotatable bonds is 13. The van der Waals surface area contributed by atoms with Crippen LogP contribution in [0.3, 0.4) is 0 Å². The minimum Gasteiger partial charge on any atom is -0.493 e. The summed E-state index contributed by atoms with van der Waals surface area (Å²) in [7, 11) is 1.32. The number of alkyl halides is 2. The number of ether oxygens (including phenoxy) is 2. The number of carboxylic acid groups (broad SMARTS) is 1. The van der Waals surface area contributed by atoms with E-state index in [0.717, 1.165) is 56.6 Å². The van der Waals surface area contributed by atoms with E-state index in [1.807, 2.05) is 4.90 Å². The van der Waals surface area contributed by atoms with E-state index in [1.54, 1.807) is 11.0 Å². The van der Waals surface area contributed by atoms with Crippen molar-refractivity contribution in [1.29, 1.82) is 0 Å². The number of nitrogens with one attached hydrogen (secondary N) is 1. The van der Waals surface area contributed by atoms with Crippen LogP contribution in [0.25, 0.3) is 0 Å². The number of methoxy groups -OCH3 is 1. The van der Waals surface area contributed by atoms with Crippen molar-refractivity contribution in [3.8, 4) is 5.75 Å². The van der Waals surface area contributed by atoms with Gasteiger partial charge >= 0.3 is 5.97 Å². The molecule has 2 aromatic rings. The van der Waals surface area contributed by atoms with Gasteiger partial charge in [-0.25, -0.2) is 18.2 Å². The van der Waals surface area contributed by atoms with Gasteiger partial charge in [0.15, 0.2) is 11.6 Å². The molecule has 2 unspecified atom stereocenters. The molecule has 236 valence electrons. The lowest BCUT2D eigenvalue weighted by atomic mass is 9.99. The van der Waals surface area contributed by atoms with Crippen LogP contribution in [-0.4, -0.2) is 84.3 Å². The molecule has 8 nitrogen and oxygen atoms in total. The number of halogens is 3. The maximum atomic E-state index is 15.1. The molecule has 3 aliphatic rings. The molecule has 0 bridgehead atoms. The van der Waals surface area contributed by atoms with Gasteiger partial charge < -0.3 is 19.9 Å². The molecule has 0 amide bonds. The number of hydrogen-bond donors (Lipinski definition) is 2. The predicted molar refractivity (Wildman–Crippen MR) is 157 cm³/mol. The van der Waals surface area contributed by atoms with E-state index >= 15 is 4.39 Å². The zero-order valence-corrected chi connectivity index (χ0v) is 24.9. The summed E-state index contributed by atoms with van der Waals surface area (Å²) >= 11 is 0.